The van der Waals surface area contributed by atoms with Gasteiger partial charge in [-0.2, -0.15) is 4.68 Å². The van der Waals surface area contributed by atoms with Gasteiger partial charge in [-0.25, -0.2) is 4.79 Å². The van der Waals surface area contributed by atoms with Gasteiger partial charge >= 0.3 is 5.97 Å². The van der Waals surface area contributed by atoms with E-state index in [4.69, 9.17) is 14.2 Å². The highest BCUT2D eigenvalue weighted by Crippen LogP contribution is 2.37. The Bertz CT molecular complexity index is 1170. The predicted octanol–water partition coefficient (Wildman–Crippen LogP) is 2.41. The first kappa shape index (κ1) is 21.0. The third-order valence-electron chi connectivity index (χ3n) is 5.01. The second kappa shape index (κ2) is 8.88. The van der Waals surface area contributed by atoms with E-state index in [1.54, 1.807) is 55.6 Å². The maximum atomic E-state index is 13.7. The van der Waals surface area contributed by atoms with E-state index in [1.165, 1.54) is 11.8 Å². The van der Waals surface area contributed by atoms with Gasteiger partial charge in [0.15, 0.2) is 5.78 Å². The van der Waals surface area contributed by atoms with Crippen LogP contribution < -0.4 is 14.8 Å². The highest BCUT2D eigenvalue weighted by Gasteiger charge is 2.38. The highest BCUT2D eigenvalue weighted by atomic mass is 16.5. The van der Waals surface area contributed by atoms with Crippen molar-refractivity contribution in [2.75, 3.05) is 26.1 Å². The molecule has 1 atom stereocenters. The van der Waals surface area contributed by atoms with Crippen LogP contribution in [0.15, 0.2) is 59.8 Å². The fourth-order valence-electron chi connectivity index (χ4n) is 3.51. The Balaban J connectivity index is 1.86. The number of allylic oxidation sites excluding steroid dienone is 1. The van der Waals surface area contributed by atoms with Gasteiger partial charge in [-0.1, -0.05) is 17.2 Å². The van der Waals surface area contributed by atoms with Crippen molar-refractivity contribution in [1.29, 1.82) is 0 Å². The molecule has 0 unspecified atom stereocenters. The molecular formula is C22H21N5O5. The topological polar surface area (TPSA) is 117 Å². The Kier molecular flexibility index (Phi) is 5.84. The number of tetrazole rings is 1. The van der Waals surface area contributed by atoms with E-state index in [0.717, 1.165) is 0 Å². The molecule has 10 nitrogen and oxygen atoms in total. The van der Waals surface area contributed by atoms with E-state index in [2.05, 4.69) is 20.8 Å². The maximum absolute atomic E-state index is 13.7. The lowest BCUT2D eigenvalue weighted by molar-refractivity contribution is -0.136. The lowest BCUT2D eigenvalue weighted by atomic mass is 9.89. The smallest absolute Gasteiger partial charge is 0.355 e. The van der Waals surface area contributed by atoms with Gasteiger partial charge in [0.2, 0.25) is 5.95 Å². The summed E-state index contributed by atoms with van der Waals surface area (Å²) in [4.78, 5) is 26.3. The summed E-state index contributed by atoms with van der Waals surface area (Å²) in [5.41, 5.74) is 1.21. The first-order valence-corrected chi connectivity index (χ1v) is 9.86. The molecule has 164 valence electrons. The molecule has 0 aliphatic carbocycles. The second-order valence-electron chi connectivity index (χ2n) is 6.81. The van der Waals surface area contributed by atoms with Crippen molar-refractivity contribution in [2.24, 2.45) is 0 Å². The van der Waals surface area contributed by atoms with Crippen molar-refractivity contribution in [1.82, 2.24) is 20.2 Å². The number of aromatic nitrogens is 4. The summed E-state index contributed by atoms with van der Waals surface area (Å²) in [5.74, 6) is 0.433. The minimum atomic E-state index is -0.764. The number of nitrogens with zero attached hydrogens (tertiary/aromatic N) is 4. The number of ketones is 1. The summed E-state index contributed by atoms with van der Waals surface area (Å²) in [5, 5.41) is 14.5. The zero-order chi connectivity index (χ0) is 22.7. The molecule has 2 aromatic carbocycles. The number of methoxy groups -OCH3 is 2. The third-order valence-corrected chi connectivity index (χ3v) is 5.01. The average Bonchev–Trinajstić information content (AvgIpc) is 3.31. The standard InChI is InChI=1S/C22H21N5O5/c1-4-32-16-11-7-14(8-12-16)20(28)17-18(21(29)31-3)23-22-24-25-26-27(22)19(17)13-5-9-15(30-2)10-6-13/h5-12,19H,4H2,1-3H3,(H,23,24,26)/t19-/m1/s1. The number of hydrogen-bond acceptors (Lipinski definition) is 9. The summed E-state index contributed by atoms with van der Waals surface area (Å²) in [6.07, 6.45) is 0. The molecule has 3 aromatic rings. The normalized spacial score (nSPS) is 14.9. The van der Waals surface area contributed by atoms with E-state index >= 15 is 0 Å². The summed E-state index contributed by atoms with van der Waals surface area (Å²) in [7, 11) is 2.81. The number of esters is 1. The van der Waals surface area contributed by atoms with Crippen LogP contribution in [0.1, 0.15) is 28.9 Å². The molecule has 0 spiro atoms. The number of nitrogens with one attached hydrogen (secondary N) is 1. The Morgan fingerprint density at radius 2 is 1.72 bits per heavy atom. The van der Waals surface area contributed by atoms with E-state index in [1.807, 2.05) is 6.92 Å². The Morgan fingerprint density at radius 1 is 1.03 bits per heavy atom. The number of carbonyl (C=O) groups is 2. The van der Waals surface area contributed by atoms with Crippen molar-refractivity contribution in [2.45, 2.75) is 13.0 Å². The van der Waals surface area contributed by atoms with Crippen LogP contribution in [-0.2, 0) is 9.53 Å². The Labute approximate surface area is 183 Å². The molecule has 0 fully saturated rings. The van der Waals surface area contributed by atoms with Gasteiger partial charge in [-0.15, -0.1) is 0 Å². The van der Waals surface area contributed by atoms with Crippen LogP contribution in [0.5, 0.6) is 11.5 Å². The number of fused-ring (bicyclic) bond motifs is 1. The minimum Gasteiger partial charge on any atom is -0.497 e. The van der Waals surface area contributed by atoms with Crippen molar-refractivity contribution >= 4 is 17.7 Å². The van der Waals surface area contributed by atoms with Gasteiger partial charge in [-0.3, -0.25) is 4.79 Å². The molecule has 0 radical (unpaired) electrons. The van der Waals surface area contributed by atoms with Crippen LogP contribution in [0.2, 0.25) is 0 Å². The molecule has 2 heterocycles. The van der Waals surface area contributed by atoms with Crippen molar-refractivity contribution in [3.63, 3.8) is 0 Å². The molecule has 0 saturated heterocycles. The van der Waals surface area contributed by atoms with E-state index in [-0.39, 0.29) is 23.0 Å². The van der Waals surface area contributed by atoms with Gasteiger partial charge < -0.3 is 19.5 Å². The highest BCUT2D eigenvalue weighted by molar-refractivity contribution is 6.15. The molecular weight excluding hydrogens is 414 g/mol. The largest absolute Gasteiger partial charge is 0.497 e. The Hall–Kier alpha value is -4.21. The van der Waals surface area contributed by atoms with Gasteiger partial charge in [0.25, 0.3) is 0 Å². The molecule has 1 N–H and O–H groups in total. The van der Waals surface area contributed by atoms with Crippen molar-refractivity contribution in [3.05, 3.63) is 70.9 Å². The molecule has 1 aliphatic heterocycles. The molecule has 0 bridgehead atoms. The summed E-state index contributed by atoms with van der Waals surface area (Å²) >= 11 is 0. The number of anilines is 1. The first-order valence-electron chi connectivity index (χ1n) is 9.86. The van der Waals surface area contributed by atoms with Crippen LogP contribution >= 0.6 is 0 Å². The molecule has 32 heavy (non-hydrogen) atoms. The summed E-state index contributed by atoms with van der Waals surface area (Å²) in [6, 6.07) is 13.1. The number of rotatable bonds is 7. The number of hydrogen-bond donors (Lipinski definition) is 1. The van der Waals surface area contributed by atoms with Crippen LogP contribution in [-0.4, -0.2) is 52.8 Å². The molecule has 1 aromatic heterocycles. The van der Waals surface area contributed by atoms with E-state index < -0.39 is 12.0 Å². The summed E-state index contributed by atoms with van der Waals surface area (Å²) < 4.78 is 17.1. The monoisotopic (exact) mass is 435 g/mol. The maximum Gasteiger partial charge on any atom is 0.355 e. The van der Waals surface area contributed by atoms with Gasteiger partial charge in [0.05, 0.1) is 26.4 Å². The van der Waals surface area contributed by atoms with E-state index in [0.29, 0.717) is 29.2 Å². The first-order chi connectivity index (χ1) is 15.6. The Morgan fingerprint density at radius 3 is 2.34 bits per heavy atom. The van der Waals surface area contributed by atoms with Crippen LogP contribution in [0.3, 0.4) is 0 Å². The SMILES string of the molecule is CCOc1ccc(C(=O)C2=C(C(=O)OC)Nc3nnnn3[C@@H]2c2ccc(OC)cc2)cc1. The molecule has 0 amide bonds. The molecule has 0 saturated carbocycles. The molecule has 4 rings (SSSR count). The van der Waals surface area contributed by atoms with Crippen molar-refractivity contribution in [3.8, 4) is 11.5 Å². The van der Waals surface area contributed by atoms with Gasteiger partial charge in [0, 0.05) is 5.56 Å². The van der Waals surface area contributed by atoms with E-state index in [9.17, 15) is 9.59 Å². The third kappa shape index (κ3) is 3.78. The fraction of sp³-hybridized carbons (Fsp3) is 0.227. The lowest BCUT2D eigenvalue weighted by Crippen LogP contribution is -2.32. The minimum absolute atomic E-state index is 0.0190. The fourth-order valence-corrected chi connectivity index (χ4v) is 3.51. The quantitative estimate of drug-likeness (QED) is 0.441. The zero-order valence-electron chi connectivity index (χ0n) is 17.7. The predicted molar refractivity (Wildman–Crippen MR) is 114 cm³/mol. The zero-order valence-corrected chi connectivity index (χ0v) is 17.7. The number of ether oxygens (including phenoxy) is 3. The molecule has 10 heteroatoms. The van der Waals surface area contributed by atoms with Crippen LogP contribution in [0, 0.1) is 0 Å². The number of benzene rings is 2. The van der Waals surface area contributed by atoms with Crippen molar-refractivity contribution < 1.29 is 23.8 Å². The van der Waals surface area contributed by atoms with Gasteiger partial charge in [-0.05, 0) is 59.3 Å². The summed E-state index contributed by atoms with van der Waals surface area (Å²) in [6.45, 7) is 2.39. The molecule has 1 aliphatic rings. The lowest BCUT2D eigenvalue weighted by Gasteiger charge is -2.28. The number of Topliss-reactive ketones (excluding diaryl/α,β-unsaturated/α-hetero) is 1. The average molecular weight is 435 g/mol. The van der Waals surface area contributed by atoms with Crippen LogP contribution in [0.25, 0.3) is 0 Å². The van der Waals surface area contributed by atoms with Crippen LogP contribution in [0.4, 0.5) is 5.95 Å². The second-order valence-corrected chi connectivity index (χ2v) is 6.81. The van der Waals surface area contributed by atoms with Gasteiger partial charge in [0.1, 0.15) is 23.2 Å². The number of carbonyl (C=O) groups excluding carboxylic acids is 2.